The van der Waals surface area contributed by atoms with Crippen LogP contribution in [0, 0.1) is 5.92 Å². The quantitative estimate of drug-likeness (QED) is 0.279. The smallest absolute Gasteiger partial charge is 0.245 e. The molecule has 1 aliphatic heterocycles. The first kappa shape index (κ1) is 12.8. The number of amides is 1. The van der Waals surface area contributed by atoms with Crippen molar-refractivity contribution in [2.24, 2.45) is 16.8 Å². The molecule has 4 N–H and O–H groups in total. The summed E-state index contributed by atoms with van der Waals surface area (Å²) in [4.78, 5) is 11.8. The Morgan fingerprint density at radius 3 is 2.62 bits per heavy atom. The Morgan fingerprint density at radius 1 is 1.50 bits per heavy atom. The van der Waals surface area contributed by atoms with Gasteiger partial charge in [-0.3, -0.25) is 10.2 Å². The summed E-state index contributed by atoms with van der Waals surface area (Å²) in [7, 11) is 0. The van der Waals surface area contributed by atoms with E-state index in [-0.39, 0.29) is 11.7 Å². The molecule has 1 saturated heterocycles. The molecule has 0 aliphatic carbocycles. The van der Waals surface area contributed by atoms with Gasteiger partial charge in [-0.2, -0.15) is 0 Å². The third kappa shape index (κ3) is 3.37. The number of rotatable bonds is 4. The van der Waals surface area contributed by atoms with Gasteiger partial charge in [-0.25, -0.2) is 5.01 Å². The highest BCUT2D eigenvalue weighted by atomic mass is 16.4. The molecular weight excluding hydrogens is 208 g/mol. The van der Waals surface area contributed by atoms with E-state index in [1.807, 2.05) is 11.9 Å². The summed E-state index contributed by atoms with van der Waals surface area (Å²) in [6, 6.07) is 0. The van der Waals surface area contributed by atoms with Crippen LogP contribution in [0.2, 0.25) is 0 Å². The van der Waals surface area contributed by atoms with Crippen molar-refractivity contribution in [1.82, 2.24) is 10.4 Å². The molecule has 0 aromatic carbocycles. The number of nitrogens with one attached hydrogen (secondary N) is 1. The van der Waals surface area contributed by atoms with Crippen molar-refractivity contribution in [3.63, 3.8) is 0 Å². The molecule has 6 nitrogen and oxygen atoms in total. The van der Waals surface area contributed by atoms with Gasteiger partial charge in [-0.15, -0.1) is 0 Å². The molecule has 1 heterocycles. The molecule has 0 aromatic heterocycles. The molecule has 1 fully saturated rings. The number of hydrogen-bond donors (Lipinski definition) is 3. The Hall–Kier alpha value is -1.30. The molecule has 0 radical (unpaired) electrons. The van der Waals surface area contributed by atoms with Gasteiger partial charge in [0.15, 0.2) is 5.84 Å². The van der Waals surface area contributed by atoms with E-state index < -0.39 is 5.92 Å². The molecule has 0 saturated carbocycles. The molecule has 1 aliphatic rings. The van der Waals surface area contributed by atoms with Gasteiger partial charge in [-0.05, 0) is 19.3 Å². The van der Waals surface area contributed by atoms with Gasteiger partial charge in [0, 0.05) is 13.1 Å². The first-order valence-corrected chi connectivity index (χ1v) is 5.72. The van der Waals surface area contributed by atoms with Crippen molar-refractivity contribution in [2.75, 3.05) is 13.1 Å². The second-order valence-electron chi connectivity index (χ2n) is 4.01. The summed E-state index contributed by atoms with van der Waals surface area (Å²) in [5.74, 6) is -0.774. The van der Waals surface area contributed by atoms with Gasteiger partial charge >= 0.3 is 0 Å². The van der Waals surface area contributed by atoms with Crippen LogP contribution >= 0.6 is 0 Å². The minimum absolute atomic E-state index is 0.0305. The first-order valence-electron chi connectivity index (χ1n) is 5.72. The first-order chi connectivity index (χ1) is 7.69. The van der Waals surface area contributed by atoms with Gasteiger partial charge in [0.2, 0.25) is 5.91 Å². The molecule has 1 unspecified atom stereocenters. The molecule has 1 amide bonds. The van der Waals surface area contributed by atoms with Crippen LogP contribution in [-0.4, -0.2) is 35.0 Å². The summed E-state index contributed by atoms with van der Waals surface area (Å²) in [6.07, 6.45) is 3.93. The monoisotopic (exact) mass is 228 g/mol. The maximum Gasteiger partial charge on any atom is 0.245 e. The maximum absolute atomic E-state index is 11.8. The highest BCUT2D eigenvalue weighted by molar-refractivity contribution is 6.01. The molecule has 16 heavy (non-hydrogen) atoms. The topological polar surface area (TPSA) is 91.0 Å². The predicted molar refractivity (Wildman–Crippen MR) is 60.8 cm³/mol. The normalized spacial score (nSPS) is 20.4. The molecule has 0 bridgehead atoms. The third-order valence-corrected chi connectivity index (χ3v) is 2.82. The Labute approximate surface area is 95.4 Å². The average Bonchev–Trinajstić information content (AvgIpc) is 2.31. The fraction of sp³-hybridized carbons (Fsp3) is 0.800. The molecule has 6 heteroatoms. The van der Waals surface area contributed by atoms with Gasteiger partial charge in [0.25, 0.3) is 0 Å². The van der Waals surface area contributed by atoms with Crippen molar-refractivity contribution >= 4 is 11.7 Å². The number of piperidine rings is 1. The summed E-state index contributed by atoms with van der Waals surface area (Å²) in [6.45, 7) is 3.58. The minimum Gasteiger partial charge on any atom is -0.409 e. The molecular formula is C10H20N4O2. The van der Waals surface area contributed by atoms with Crippen molar-refractivity contribution in [1.29, 1.82) is 0 Å². The van der Waals surface area contributed by atoms with Crippen molar-refractivity contribution in [3.8, 4) is 0 Å². The van der Waals surface area contributed by atoms with E-state index in [2.05, 4.69) is 10.6 Å². The number of hydrazine groups is 1. The van der Waals surface area contributed by atoms with E-state index >= 15 is 0 Å². The molecule has 1 rings (SSSR count). The van der Waals surface area contributed by atoms with Crippen LogP contribution in [0.1, 0.15) is 32.6 Å². The minimum atomic E-state index is -0.549. The zero-order valence-electron chi connectivity index (χ0n) is 9.65. The van der Waals surface area contributed by atoms with Crippen LogP contribution in [0.15, 0.2) is 5.16 Å². The number of amidine groups is 1. The van der Waals surface area contributed by atoms with Crippen LogP contribution < -0.4 is 11.2 Å². The Kier molecular flexibility index (Phi) is 5.04. The standard InChI is InChI=1S/C10H20N4O2/c1-2-8(9(11)13-16)10(15)12-14-6-4-3-5-7-14/h8,16H,2-7H2,1H3,(H2,11,13)(H,12,15). The van der Waals surface area contributed by atoms with Gasteiger partial charge in [0.05, 0.1) is 5.92 Å². The van der Waals surface area contributed by atoms with Crippen LogP contribution in [0.4, 0.5) is 0 Å². The van der Waals surface area contributed by atoms with Gasteiger partial charge < -0.3 is 10.9 Å². The number of oxime groups is 1. The number of carbonyl (C=O) groups excluding carboxylic acids is 1. The molecule has 92 valence electrons. The maximum atomic E-state index is 11.8. The zero-order valence-corrected chi connectivity index (χ0v) is 9.65. The highest BCUT2D eigenvalue weighted by Crippen LogP contribution is 2.08. The molecule has 0 spiro atoms. The largest absolute Gasteiger partial charge is 0.409 e. The lowest BCUT2D eigenvalue weighted by molar-refractivity contribution is -0.128. The number of carbonyl (C=O) groups is 1. The Bertz CT molecular complexity index is 262. The Morgan fingerprint density at radius 2 is 2.12 bits per heavy atom. The van der Waals surface area contributed by atoms with Crippen LogP contribution in [-0.2, 0) is 4.79 Å². The van der Waals surface area contributed by atoms with Crippen molar-refractivity contribution in [2.45, 2.75) is 32.6 Å². The van der Waals surface area contributed by atoms with Crippen LogP contribution in [0.25, 0.3) is 0 Å². The van der Waals surface area contributed by atoms with E-state index in [0.717, 1.165) is 25.9 Å². The van der Waals surface area contributed by atoms with Crippen molar-refractivity contribution < 1.29 is 10.0 Å². The SMILES string of the molecule is CCC(C(=O)NN1CCCCC1)C(N)=NO. The van der Waals surface area contributed by atoms with E-state index in [9.17, 15) is 4.79 Å². The van der Waals surface area contributed by atoms with E-state index in [1.54, 1.807) is 0 Å². The van der Waals surface area contributed by atoms with Crippen LogP contribution in [0.3, 0.4) is 0 Å². The fourth-order valence-electron chi connectivity index (χ4n) is 1.84. The summed E-state index contributed by atoms with van der Waals surface area (Å²) in [5.41, 5.74) is 8.26. The lowest BCUT2D eigenvalue weighted by Crippen LogP contribution is -2.49. The van der Waals surface area contributed by atoms with E-state index in [0.29, 0.717) is 6.42 Å². The van der Waals surface area contributed by atoms with E-state index in [4.69, 9.17) is 10.9 Å². The highest BCUT2D eigenvalue weighted by Gasteiger charge is 2.23. The number of nitrogens with zero attached hydrogens (tertiary/aromatic N) is 2. The predicted octanol–water partition coefficient (Wildman–Crippen LogP) is 0.276. The average molecular weight is 228 g/mol. The third-order valence-electron chi connectivity index (χ3n) is 2.82. The second kappa shape index (κ2) is 6.32. The fourth-order valence-corrected chi connectivity index (χ4v) is 1.84. The van der Waals surface area contributed by atoms with E-state index in [1.165, 1.54) is 6.42 Å². The lowest BCUT2D eigenvalue weighted by atomic mass is 10.1. The zero-order chi connectivity index (χ0) is 12.0. The number of hydrogen-bond acceptors (Lipinski definition) is 4. The number of nitrogens with two attached hydrogens (primary N) is 1. The van der Waals surface area contributed by atoms with Gasteiger partial charge in [0.1, 0.15) is 0 Å². The van der Waals surface area contributed by atoms with Crippen molar-refractivity contribution in [3.05, 3.63) is 0 Å². The second-order valence-corrected chi connectivity index (χ2v) is 4.01. The summed E-state index contributed by atoms with van der Waals surface area (Å²) >= 11 is 0. The van der Waals surface area contributed by atoms with Crippen LogP contribution in [0.5, 0.6) is 0 Å². The lowest BCUT2D eigenvalue weighted by Gasteiger charge is -2.28. The molecule has 1 atom stereocenters. The molecule has 0 aromatic rings. The summed E-state index contributed by atoms with van der Waals surface area (Å²) in [5, 5.41) is 13.4. The Balaban J connectivity index is 2.48. The summed E-state index contributed by atoms with van der Waals surface area (Å²) < 4.78 is 0. The van der Waals surface area contributed by atoms with Gasteiger partial charge in [-0.1, -0.05) is 18.5 Å².